The fraction of sp³-hybridized carbons (Fsp3) is 0. The van der Waals surface area contributed by atoms with E-state index in [2.05, 4.69) is 26.3 Å². The molecule has 5 radical (unpaired) electrons. The van der Waals surface area contributed by atoms with Gasteiger partial charge in [0.15, 0.2) is 0 Å². The minimum absolute atomic E-state index is 0. The smallest absolute Gasteiger partial charge is 0 e. The van der Waals surface area contributed by atoms with Gasteiger partial charge in [0, 0.05) is 148 Å². The van der Waals surface area contributed by atoms with Crippen molar-refractivity contribution in [2.45, 2.75) is 0 Å². The van der Waals surface area contributed by atoms with Gasteiger partial charge in [-0.2, -0.15) is 0 Å². The Morgan fingerprint density at radius 3 is 0.333 bits per heavy atom. The quantitative estimate of drug-likeness (QED) is 0.346. The molecule has 0 N–H and O–H groups in total. The van der Waals surface area contributed by atoms with E-state index < -0.39 is 0 Å². The third-order valence-corrected chi connectivity index (χ3v) is 0. The zero-order valence-corrected chi connectivity index (χ0v) is 17.8. The van der Waals surface area contributed by atoms with Crippen LogP contribution in [0.1, 0.15) is 0 Å². The van der Waals surface area contributed by atoms with Gasteiger partial charge in [-0.15, -0.1) is 26.3 Å². The van der Waals surface area contributed by atoms with E-state index in [0.29, 0.717) is 0 Å². The first-order valence-corrected chi connectivity index (χ1v) is 1.000. The van der Waals surface area contributed by atoms with Crippen LogP contribution in [-0.2, 0) is 0 Å². The summed E-state index contributed by atoms with van der Waals surface area (Å²) in [6, 6.07) is 0. The number of hydrogen-bond acceptors (Lipinski definition) is 0. The van der Waals surface area contributed by atoms with E-state index in [1.165, 1.54) is 0 Å². The van der Waals surface area contributed by atoms with Crippen molar-refractivity contribution in [3.63, 3.8) is 0 Å². The van der Waals surface area contributed by atoms with Crippen molar-refractivity contribution in [3.05, 3.63) is 26.3 Å². The summed E-state index contributed by atoms with van der Waals surface area (Å²) in [7, 11) is 0. The molecule has 0 aromatic rings. The molecule has 29 valence electrons. The average Bonchev–Trinajstić information content (AvgIpc) is 1.50. The first kappa shape index (κ1) is 50.0. The number of hydrogen-bond donors (Lipinski definition) is 0. The van der Waals surface area contributed by atoms with Gasteiger partial charge in [0.2, 0.25) is 0 Å². The summed E-state index contributed by atoms with van der Waals surface area (Å²) in [6.45, 7) is 12.0. The predicted octanol–water partition coefficient (Wildman–Crippen LogP) is -0.300. The zero-order chi connectivity index (χ0) is 4.00. The van der Waals surface area contributed by atoms with Gasteiger partial charge in [-0.25, -0.2) is 0 Å². The van der Waals surface area contributed by atoms with Gasteiger partial charge >= 0.3 is 0 Å². The Morgan fingerprint density at radius 2 is 0.333 bits per heavy atom. The van der Waals surface area contributed by atoms with E-state index in [9.17, 15) is 0 Å². The fourth-order valence-corrected chi connectivity index (χ4v) is 0. The van der Waals surface area contributed by atoms with E-state index >= 15 is 0 Å². The van der Waals surface area contributed by atoms with Gasteiger partial charge in [-0.1, -0.05) is 0 Å². The first-order valence-electron chi connectivity index (χ1n) is 1.000. The standard InChI is InChI=1S/2C2H4.5Na/c2*1-2;;;;;/h2*1-2H2;;;;;. The third kappa shape index (κ3) is 68.3. The molecule has 0 unspecified atom stereocenters. The second-order valence-corrected chi connectivity index (χ2v) is 0. The molecule has 0 amide bonds. The first-order chi connectivity index (χ1) is 2.00. The van der Waals surface area contributed by atoms with Crippen molar-refractivity contribution in [2.75, 3.05) is 0 Å². The molecule has 9 heavy (non-hydrogen) atoms. The minimum Gasteiger partial charge on any atom is -0.106 e. The zero-order valence-electron chi connectivity index (χ0n) is 7.83. The summed E-state index contributed by atoms with van der Waals surface area (Å²) >= 11 is 0. The van der Waals surface area contributed by atoms with Crippen LogP contribution >= 0.6 is 0 Å². The Labute approximate surface area is 170 Å². The Bertz CT molecular complexity index is 10.9. The largest absolute Gasteiger partial charge is 0.106 e. The number of rotatable bonds is 0. The molecule has 0 atom stereocenters. The van der Waals surface area contributed by atoms with Crippen LogP contribution in [0.3, 0.4) is 0 Å². The SMILES string of the molecule is C=C.C=C.[Na].[Na].[Na].[Na].[Na]. The molecule has 0 rings (SSSR count). The van der Waals surface area contributed by atoms with Gasteiger partial charge in [0.1, 0.15) is 0 Å². The Hall–Kier alpha value is 4.48. The van der Waals surface area contributed by atoms with E-state index in [0.717, 1.165) is 0 Å². The Kier molecular flexibility index (Phi) is 455. The molecule has 0 heterocycles. The van der Waals surface area contributed by atoms with E-state index in [1.807, 2.05) is 0 Å². The van der Waals surface area contributed by atoms with Gasteiger partial charge in [-0.05, 0) is 0 Å². The third-order valence-electron chi connectivity index (χ3n) is 0. The molecule has 0 aliphatic heterocycles. The van der Waals surface area contributed by atoms with E-state index in [-0.39, 0.29) is 148 Å². The van der Waals surface area contributed by atoms with Gasteiger partial charge in [-0.3, -0.25) is 0 Å². The van der Waals surface area contributed by atoms with Crippen LogP contribution in [0.2, 0.25) is 0 Å². The van der Waals surface area contributed by atoms with Crippen molar-refractivity contribution in [1.29, 1.82) is 0 Å². The van der Waals surface area contributed by atoms with Crippen LogP contribution in [0, 0.1) is 0 Å². The molecule has 0 aromatic carbocycles. The molecule has 0 aliphatic carbocycles. The van der Waals surface area contributed by atoms with Gasteiger partial charge in [0.05, 0.1) is 0 Å². The Balaban J connectivity index is -0.00000000114. The summed E-state index contributed by atoms with van der Waals surface area (Å²) in [5.41, 5.74) is 0. The maximum atomic E-state index is 3.00. The molecule has 0 bridgehead atoms. The van der Waals surface area contributed by atoms with Crippen molar-refractivity contribution < 1.29 is 0 Å². The minimum atomic E-state index is 0. The molecule has 0 spiro atoms. The summed E-state index contributed by atoms with van der Waals surface area (Å²) in [6.07, 6.45) is 0. The molecule has 0 nitrogen and oxygen atoms in total. The van der Waals surface area contributed by atoms with Gasteiger partial charge in [0.25, 0.3) is 0 Å². The molecule has 0 saturated heterocycles. The van der Waals surface area contributed by atoms with Crippen LogP contribution in [0.5, 0.6) is 0 Å². The topological polar surface area (TPSA) is 0 Å². The predicted molar refractivity (Wildman–Crippen MR) is 51.3 cm³/mol. The molecule has 5 heteroatoms. The summed E-state index contributed by atoms with van der Waals surface area (Å²) in [4.78, 5) is 0. The van der Waals surface area contributed by atoms with Crippen LogP contribution in [0.25, 0.3) is 0 Å². The summed E-state index contributed by atoms with van der Waals surface area (Å²) in [5, 5.41) is 0. The van der Waals surface area contributed by atoms with Crippen molar-refractivity contribution in [1.82, 2.24) is 0 Å². The second-order valence-electron chi connectivity index (χ2n) is 0. The van der Waals surface area contributed by atoms with Crippen molar-refractivity contribution in [3.8, 4) is 0 Å². The molecule has 0 fully saturated rings. The van der Waals surface area contributed by atoms with Crippen LogP contribution < -0.4 is 0 Å². The molecule has 0 aromatic heterocycles. The second kappa shape index (κ2) is 81.9. The average molecular weight is 171 g/mol. The summed E-state index contributed by atoms with van der Waals surface area (Å²) < 4.78 is 0. The van der Waals surface area contributed by atoms with Gasteiger partial charge < -0.3 is 0 Å². The molecule has 0 saturated carbocycles. The van der Waals surface area contributed by atoms with Crippen LogP contribution in [0.4, 0.5) is 0 Å². The van der Waals surface area contributed by atoms with Crippen LogP contribution in [0.15, 0.2) is 26.3 Å². The monoisotopic (exact) mass is 171 g/mol. The normalized spacial score (nSPS) is 0.889. The van der Waals surface area contributed by atoms with Crippen LogP contribution in [-0.4, -0.2) is 148 Å². The maximum absolute atomic E-state index is 3.00. The van der Waals surface area contributed by atoms with Crippen molar-refractivity contribution >= 4 is 148 Å². The fourth-order valence-electron chi connectivity index (χ4n) is 0. The van der Waals surface area contributed by atoms with Crippen molar-refractivity contribution in [2.24, 2.45) is 0 Å². The molecular weight excluding hydrogens is 163 g/mol. The molecule has 0 aliphatic rings. The van der Waals surface area contributed by atoms with E-state index in [1.54, 1.807) is 0 Å². The maximum Gasteiger partial charge on any atom is 0 e. The Morgan fingerprint density at radius 1 is 0.333 bits per heavy atom. The molecular formula is C4H8Na5. The summed E-state index contributed by atoms with van der Waals surface area (Å²) in [5.74, 6) is 0. The van der Waals surface area contributed by atoms with E-state index in [4.69, 9.17) is 0 Å².